The summed E-state index contributed by atoms with van der Waals surface area (Å²) in [5.41, 5.74) is 1.29. The number of anilines is 1. The number of rotatable bonds is 5. The van der Waals surface area contributed by atoms with Crippen LogP contribution in [0.25, 0.3) is 0 Å². The number of pyridine rings is 1. The van der Waals surface area contributed by atoms with E-state index in [1.807, 2.05) is 19.3 Å². The van der Waals surface area contributed by atoms with Gasteiger partial charge >= 0.3 is 0 Å². The number of aromatic nitrogens is 1. The summed E-state index contributed by atoms with van der Waals surface area (Å²) in [5, 5.41) is 3.05. The standard InChI is InChI=1S/C15H26N4/c1-4-19-9-7-14(8-10-19)18(3)12-13-5-6-15(16-2)17-11-13/h5-6,11,14H,4,7-10,12H2,1-3H3,(H,16,17). The van der Waals surface area contributed by atoms with Gasteiger partial charge in [0.05, 0.1) is 0 Å². The minimum absolute atomic E-state index is 0.715. The van der Waals surface area contributed by atoms with Crippen molar-refractivity contribution in [1.82, 2.24) is 14.8 Å². The second-order valence-electron chi connectivity index (χ2n) is 5.38. The van der Waals surface area contributed by atoms with Crippen molar-refractivity contribution in [3.8, 4) is 0 Å². The van der Waals surface area contributed by atoms with E-state index in [1.54, 1.807) is 0 Å². The summed E-state index contributed by atoms with van der Waals surface area (Å²) in [4.78, 5) is 9.39. The molecule has 0 radical (unpaired) electrons. The Morgan fingerprint density at radius 1 is 1.37 bits per heavy atom. The van der Waals surface area contributed by atoms with E-state index < -0.39 is 0 Å². The van der Waals surface area contributed by atoms with Crippen molar-refractivity contribution >= 4 is 5.82 Å². The molecule has 106 valence electrons. The molecule has 2 heterocycles. The average Bonchev–Trinajstić information content (AvgIpc) is 2.48. The van der Waals surface area contributed by atoms with Crippen LogP contribution in [0, 0.1) is 0 Å². The molecule has 0 saturated carbocycles. The van der Waals surface area contributed by atoms with E-state index in [-0.39, 0.29) is 0 Å². The van der Waals surface area contributed by atoms with E-state index in [9.17, 15) is 0 Å². The molecule has 1 fully saturated rings. The summed E-state index contributed by atoms with van der Waals surface area (Å²) in [6.45, 7) is 6.91. The summed E-state index contributed by atoms with van der Waals surface area (Å²) < 4.78 is 0. The van der Waals surface area contributed by atoms with Gasteiger partial charge in [-0.15, -0.1) is 0 Å². The van der Waals surface area contributed by atoms with Crippen LogP contribution in [0.15, 0.2) is 18.3 Å². The Labute approximate surface area is 116 Å². The Hall–Kier alpha value is -1.13. The van der Waals surface area contributed by atoms with Crippen LogP contribution in [0.4, 0.5) is 5.82 Å². The SMILES string of the molecule is CCN1CCC(N(C)Cc2ccc(NC)nc2)CC1. The smallest absolute Gasteiger partial charge is 0.125 e. The summed E-state index contributed by atoms with van der Waals surface area (Å²) in [7, 11) is 4.13. The fourth-order valence-corrected chi connectivity index (χ4v) is 2.76. The molecule has 4 nitrogen and oxygen atoms in total. The van der Waals surface area contributed by atoms with Crippen molar-refractivity contribution in [2.75, 3.05) is 39.0 Å². The van der Waals surface area contributed by atoms with E-state index in [0.29, 0.717) is 6.04 Å². The monoisotopic (exact) mass is 262 g/mol. The zero-order valence-electron chi connectivity index (χ0n) is 12.4. The molecule has 0 unspecified atom stereocenters. The fraction of sp³-hybridized carbons (Fsp3) is 0.667. The lowest BCUT2D eigenvalue weighted by molar-refractivity contribution is 0.127. The summed E-state index contributed by atoms with van der Waals surface area (Å²) >= 11 is 0. The normalized spacial score (nSPS) is 17.9. The van der Waals surface area contributed by atoms with Crippen LogP contribution < -0.4 is 5.32 Å². The molecule has 1 aliphatic rings. The van der Waals surface area contributed by atoms with Crippen LogP contribution >= 0.6 is 0 Å². The third kappa shape index (κ3) is 3.91. The van der Waals surface area contributed by atoms with Crippen LogP contribution in [-0.2, 0) is 6.54 Å². The Morgan fingerprint density at radius 2 is 2.11 bits per heavy atom. The maximum Gasteiger partial charge on any atom is 0.125 e. The second-order valence-corrected chi connectivity index (χ2v) is 5.38. The molecule has 0 amide bonds. The summed E-state index contributed by atoms with van der Waals surface area (Å²) in [5.74, 6) is 0.933. The van der Waals surface area contributed by atoms with Crippen LogP contribution in [0.3, 0.4) is 0 Å². The molecule has 4 heteroatoms. The Bertz CT molecular complexity index is 368. The number of hydrogen-bond donors (Lipinski definition) is 1. The first kappa shape index (κ1) is 14.3. The van der Waals surface area contributed by atoms with Crippen LogP contribution in [-0.4, -0.2) is 54.6 Å². The van der Waals surface area contributed by atoms with Gasteiger partial charge in [0.2, 0.25) is 0 Å². The van der Waals surface area contributed by atoms with Crippen molar-refractivity contribution in [1.29, 1.82) is 0 Å². The lowest BCUT2D eigenvalue weighted by atomic mass is 10.0. The predicted octanol–water partition coefficient (Wildman–Crippen LogP) is 2.04. The average molecular weight is 262 g/mol. The van der Waals surface area contributed by atoms with Crippen LogP contribution in [0.2, 0.25) is 0 Å². The van der Waals surface area contributed by atoms with Gasteiger partial charge in [0.15, 0.2) is 0 Å². The molecule has 2 rings (SSSR count). The molecule has 1 aromatic rings. The first-order valence-electron chi connectivity index (χ1n) is 7.28. The summed E-state index contributed by atoms with van der Waals surface area (Å²) in [6, 6.07) is 4.92. The molecule has 1 aromatic heterocycles. The van der Waals surface area contributed by atoms with Gasteiger partial charge < -0.3 is 10.2 Å². The molecule has 0 atom stereocenters. The minimum Gasteiger partial charge on any atom is -0.373 e. The summed E-state index contributed by atoms with van der Waals surface area (Å²) in [6.07, 6.45) is 4.54. The Kier molecular flexibility index (Phi) is 5.16. The van der Waals surface area contributed by atoms with Crippen molar-refractivity contribution in [2.45, 2.75) is 32.4 Å². The van der Waals surface area contributed by atoms with Crippen molar-refractivity contribution < 1.29 is 0 Å². The topological polar surface area (TPSA) is 31.4 Å². The number of hydrogen-bond acceptors (Lipinski definition) is 4. The first-order chi connectivity index (χ1) is 9.22. The van der Waals surface area contributed by atoms with E-state index in [0.717, 1.165) is 12.4 Å². The predicted molar refractivity (Wildman–Crippen MR) is 80.4 cm³/mol. The molecule has 19 heavy (non-hydrogen) atoms. The van der Waals surface area contributed by atoms with Crippen LogP contribution in [0.1, 0.15) is 25.3 Å². The Balaban J connectivity index is 1.84. The van der Waals surface area contributed by atoms with Gasteiger partial charge in [0.25, 0.3) is 0 Å². The lowest BCUT2D eigenvalue weighted by Gasteiger charge is -2.36. The third-order valence-corrected chi connectivity index (χ3v) is 4.14. The lowest BCUT2D eigenvalue weighted by Crippen LogP contribution is -2.42. The number of likely N-dealkylation sites (tertiary alicyclic amines) is 1. The van der Waals surface area contributed by atoms with Crippen molar-refractivity contribution in [3.05, 3.63) is 23.9 Å². The highest BCUT2D eigenvalue weighted by Crippen LogP contribution is 2.17. The molecule has 0 spiro atoms. The molecule has 0 bridgehead atoms. The Morgan fingerprint density at radius 3 is 2.63 bits per heavy atom. The van der Waals surface area contributed by atoms with Crippen LogP contribution in [0.5, 0.6) is 0 Å². The van der Waals surface area contributed by atoms with E-state index >= 15 is 0 Å². The minimum atomic E-state index is 0.715. The zero-order valence-corrected chi connectivity index (χ0v) is 12.4. The van der Waals surface area contributed by atoms with Gasteiger partial charge in [0.1, 0.15) is 5.82 Å². The second kappa shape index (κ2) is 6.87. The highest BCUT2D eigenvalue weighted by atomic mass is 15.2. The highest BCUT2D eigenvalue weighted by Gasteiger charge is 2.21. The van der Waals surface area contributed by atoms with E-state index in [4.69, 9.17) is 0 Å². The zero-order chi connectivity index (χ0) is 13.7. The third-order valence-electron chi connectivity index (χ3n) is 4.14. The highest BCUT2D eigenvalue weighted by molar-refractivity contribution is 5.34. The fourth-order valence-electron chi connectivity index (χ4n) is 2.76. The molecule has 0 aliphatic carbocycles. The molecular weight excluding hydrogens is 236 g/mol. The first-order valence-corrected chi connectivity index (χ1v) is 7.28. The molecular formula is C15H26N4. The largest absolute Gasteiger partial charge is 0.373 e. The molecule has 1 N–H and O–H groups in total. The number of nitrogens with one attached hydrogen (secondary N) is 1. The van der Waals surface area contributed by atoms with Gasteiger partial charge in [-0.25, -0.2) is 4.98 Å². The molecule has 0 aromatic carbocycles. The van der Waals surface area contributed by atoms with E-state index in [2.05, 4.69) is 40.1 Å². The van der Waals surface area contributed by atoms with Gasteiger partial charge in [-0.3, -0.25) is 4.90 Å². The maximum absolute atomic E-state index is 4.37. The van der Waals surface area contributed by atoms with Gasteiger partial charge in [-0.05, 0) is 51.2 Å². The van der Waals surface area contributed by atoms with Crippen molar-refractivity contribution in [3.63, 3.8) is 0 Å². The molecule has 1 aliphatic heterocycles. The van der Waals surface area contributed by atoms with Gasteiger partial charge in [-0.2, -0.15) is 0 Å². The van der Waals surface area contributed by atoms with Gasteiger partial charge in [0, 0.05) is 25.8 Å². The number of piperidine rings is 1. The number of nitrogens with zero attached hydrogens (tertiary/aromatic N) is 3. The van der Waals surface area contributed by atoms with Gasteiger partial charge in [-0.1, -0.05) is 13.0 Å². The van der Waals surface area contributed by atoms with E-state index in [1.165, 1.54) is 38.0 Å². The maximum atomic E-state index is 4.37. The quantitative estimate of drug-likeness (QED) is 0.880. The van der Waals surface area contributed by atoms with Crippen molar-refractivity contribution in [2.24, 2.45) is 0 Å². The molecule has 1 saturated heterocycles.